The Morgan fingerprint density at radius 3 is 1.95 bits per heavy atom. The Balaban J connectivity index is 1.14. The van der Waals surface area contributed by atoms with E-state index in [1.54, 1.807) is 65.8 Å². The molecule has 3 heterocycles. The molecule has 1 N–H and O–H groups in total. The lowest BCUT2D eigenvalue weighted by molar-refractivity contribution is -0.138. The van der Waals surface area contributed by atoms with E-state index < -0.39 is 76.4 Å². The van der Waals surface area contributed by atoms with Crippen LogP contribution in [0, 0.1) is 17.3 Å². The number of fused-ring (bicyclic) bond motifs is 1. The molecule has 0 saturated carbocycles. The molecule has 2 aromatic heterocycles. The van der Waals surface area contributed by atoms with Gasteiger partial charge in [-0.25, -0.2) is 13.9 Å². The number of benzene rings is 3. The lowest BCUT2D eigenvalue weighted by atomic mass is 9.85. The van der Waals surface area contributed by atoms with Crippen LogP contribution in [-0.4, -0.2) is 43.8 Å². The Kier molecular flexibility index (Phi) is 14.1. The topological polar surface area (TPSA) is 223 Å². The number of esters is 2. The van der Waals surface area contributed by atoms with E-state index in [1.807, 2.05) is 0 Å². The monoisotopic (exact) mass is 883 g/mol. The summed E-state index contributed by atoms with van der Waals surface area (Å²) in [7, 11) is -10.2. The lowest BCUT2D eigenvalue weighted by Crippen LogP contribution is -2.40. The number of carbonyl (C=O) groups excluding carboxylic acids is 2. The normalized spacial score (nSPS) is 17.5. The quantitative estimate of drug-likeness (QED) is 0.0517. The van der Waals surface area contributed by atoms with Crippen LogP contribution >= 0.6 is 15.6 Å². The van der Waals surface area contributed by atoms with Gasteiger partial charge in [-0.2, -0.15) is 4.31 Å². The molecule has 0 spiro atoms. The van der Waals surface area contributed by atoms with E-state index in [9.17, 15) is 33.2 Å². The maximum atomic E-state index is 14.1. The number of hydrogen-bond donors (Lipinski definition) is 1. The highest BCUT2D eigenvalue weighted by atomic mass is 31.3. The van der Waals surface area contributed by atoms with Crippen molar-refractivity contribution in [2.45, 2.75) is 80.1 Å². The van der Waals surface area contributed by atoms with Gasteiger partial charge >= 0.3 is 33.3 Å². The van der Waals surface area contributed by atoms with Gasteiger partial charge in [-0.05, 0) is 52.9 Å². The first kappa shape index (κ1) is 45.5. The molecule has 3 aromatic carbocycles. The number of nitrogens with zero attached hydrogens (tertiary/aromatic N) is 3. The van der Waals surface area contributed by atoms with E-state index in [0.717, 1.165) is 4.57 Å². The van der Waals surface area contributed by atoms with Crippen molar-refractivity contribution in [1.82, 2.24) is 14.3 Å². The molecular weight excluding hydrogens is 836 g/mol. The Hall–Kier alpha value is -5.03. The largest absolute Gasteiger partial charge is 0.484 e. The molecule has 3 atom stereocenters. The Morgan fingerprint density at radius 1 is 0.836 bits per heavy atom. The molecular formula is C41H47N3O15P2. The second-order valence-corrected chi connectivity index (χ2v) is 18.9. The van der Waals surface area contributed by atoms with E-state index in [2.05, 4.69) is 5.16 Å². The molecule has 0 aliphatic carbocycles. The highest BCUT2D eigenvalue weighted by Crippen LogP contribution is 2.64. The van der Waals surface area contributed by atoms with Crippen molar-refractivity contribution in [2.24, 2.45) is 17.3 Å². The van der Waals surface area contributed by atoms with Gasteiger partial charge in [0.25, 0.3) is 5.56 Å². The SMILES string of the molecule is CC(C)C(=O)Oc1ccc(COP(=O)(OCc2ccc(OC(=O)C(C)C)cc2)OP(=O)(O)OC[C@H]2O[C@@H](n3ccc(=O)n(Cc4noc5ccccc45)c3=O)CC2(C)C)cc1. The van der Waals surface area contributed by atoms with Crippen LogP contribution in [0.4, 0.5) is 0 Å². The summed E-state index contributed by atoms with van der Waals surface area (Å²) in [5, 5.41) is 4.68. The van der Waals surface area contributed by atoms with Gasteiger partial charge in [-0.15, -0.1) is 0 Å². The van der Waals surface area contributed by atoms with Crippen LogP contribution in [0.1, 0.15) is 71.0 Å². The van der Waals surface area contributed by atoms with Crippen molar-refractivity contribution in [3.05, 3.63) is 123 Å². The van der Waals surface area contributed by atoms with Crippen LogP contribution in [0.3, 0.4) is 0 Å². The van der Waals surface area contributed by atoms with Crippen LogP contribution in [0.15, 0.2) is 99.2 Å². The number of phosphoric ester groups is 2. The molecule has 0 bridgehead atoms. The molecule has 6 rings (SSSR count). The minimum absolute atomic E-state index is 0.161. The number of ether oxygens (including phenoxy) is 3. The molecule has 18 nitrogen and oxygen atoms in total. The van der Waals surface area contributed by atoms with Crippen LogP contribution in [0.25, 0.3) is 11.0 Å². The number of carbonyl (C=O) groups is 2. The third-order valence-electron chi connectivity index (χ3n) is 9.66. The third kappa shape index (κ3) is 11.7. The van der Waals surface area contributed by atoms with E-state index >= 15 is 0 Å². The number of hydrogen-bond acceptors (Lipinski definition) is 15. The van der Waals surface area contributed by atoms with Crippen molar-refractivity contribution in [2.75, 3.05) is 6.61 Å². The molecule has 61 heavy (non-hydrogen) atoms. The highest BCUT2D eigenvalue weighted by Gasteiger charge is 2.46. The van der Waals surface area contributed by atoms with Gasteiger partial charge in [0.1, 0.15) is 23.4 Å². The standard InChI is InChI=1S/C41H47N3O15P2/c1-26(2)38(46)55-30-15-11-28(12-16-30)23-53-61(51,54-24-29-13-17-31(18-14-29)56-39(47)27(3)4)59-60(49,50)52-25-35-41(5,6)21-37(57-35)43-20-19-36(45)44(40(43)48)22-33-32-9-7-8-10-34(32)58-42-33/h7-20,26-27,35,37H,21-25H2,1-6H3,(H,49,50)/t35-,37-/m1/s1. The zero-order valence-corrected chi connectivity index (χ0v) is 36.1. The van der Waals surface area contributed by atoms with E-state index in [1.165, 1.54) is 65.4 Å². The van der Waals surface area contributed by atoms with Crippen molar-refractivity contribution < 1.29 is 60.2 Å². The first-order valence-electron chi connectivity index (χ1n) is 19.3. The van der Waals surface area contributed by atoms with Crippen LogP contribution in [0.2, 0.25) is 0 Å². The zero-order chi connectivity index (χ0) is 44.1. The molecule has 1 aliphatic rings. The van der Waals surface area contributed by atoms with Gasteiger partial charge in [0.15, 0.2) is 5.58 Å². The van der Waals surface area contributed by atoms with E-state index in [0.29, 0.717) is 27.8 Å². The summed E-state index contributed by atoms with van der Waals surface area (Å²) in [5.74, 6) is -1.05. The molecule has 1 unspecified atom stereocenters. The molecule has 5 aromatic rings. The minimum Gasteiger partial charge on any atom is -0.426 e. The van der Waals surface area contributed by atoms with Crippen LogP contribution < -0.4 is 20.7 Å². The second kappa shape index (κ2) is 18.9. The Morgan fingerprint density at radius 2 is 1.39 bits per heavy atom. The lowest BCUT2D eigenvalue weighted by Gasteiger charge is -2.26. The van der Waals surface area contributed by atoms with Crippen molar-refractivity contribution >= 4 is 38.6 Å². The predicted molar refractivity (Wildman–Crippen MR) is 218 cm³/mol. The molecule has 1 fully saturated rings. The number of phosphoric acid groups is 2. The van der Waals surface area contributed by atoms with Gasteiger partial charge in [0.05, 0.1) is 44.3 Å². The summed E-state index contributed by atoms with van der Waals surface area (Å²) in [6.07, 6.45) is -0.261. The van der Waals surface area contributed by atoms with E-state index in [4.69, 9.17) is 36.6 Å². The third-order valence-corrected chi connectivity index (χ3v) is 12.6. The molecule has 326 valence electrons. The van der Waals surface area contributed by atoms with Gasteiger partial charge in [-0.3, -0.25) is 37.1 Å². The fraction of sp³-hybridized carbons (Fsp3) is 0.390. The van der Waals surface area contributed by atoms with Gasteiger partial charge in [-0.1, -0.05) is 83.1 Å². The average molecular weight is 884 g/mol. The summed E-state index contributed by atoms with van der Waals surface area (Å²) >= 11 is 0. The van der Waals surface area contributed by atoms with Crippen LogP contribution in [-0.2, 0) is 61.1 Å². The van der Waals surface area contributed by atoms with Gasteiger partial charge in [0.2, 0.25) is 0 Å². The highest BCUT2D eigenvalue weighted by molar-refractivity contribution is 7.61. The summed E-state index contributed by atoms with van der Waals surface area (Å²) in [6.45, 7) is 8.80. The van der Waals surface area contributed by atoms with Crippen molar-refractivity contribution in [1.29, 1.82) is 0 Å². The molecule has 0 amide bonds. The average Bonchev–Trinajstić information content (AvgIpc) is 3.76. The summed E-state index contributed by atoms with van der Waals surface area (Å²) in [6, 6.07) is 20.4. The Bertz CT molecular complexity index is 2490. The first-order chi connectivity index (χ1) is 28.8. The smallest absolute Gasteiger partial charge is 0.426 e. The number of rotatable bonds is 18. The molecule has 0 radical (unpaired) electrons. The molecule has 1 aliphatic heterocycles. The zero-order valence-electron chi connectivity index (χ0n) is 34.3. The fourth-order valence-electron chi connectivity index (χ4n) is 6.01. The Labute approximate surface area is 350 Å². The summed E-state index contributed by atoms with van der Waals surface area (Å²) in [5.41, 5.74) is -0.262. The maximum absolute atomic E-state index is 14.1. The fourth-order valence-corrected chi connectivity index (χ4v) is 8.60. The van der Waals surface area contributed by atoms with E-state index in [-0.39, 0.29) is 36.3 Å². The number of aromatic nitrogens is 3. The molecule has 20 heteroatoms. The minimum atomic E-state index is -5.24. The maximum Gasteiger partial charge on any atom is 0.484 e. The van der Waals surface area contributed by atoms with Gasteiger partial charge in [0, 0.05) is 24.1 Å². The predicted octanol–water partition coefficient (Wildman–Crippen LogP) is 7.31. The summed E-state index contributed by atoms with van der Waals surface area (Å²) in [4.78, 5) is 61.5. The van der Waals surface area contributed by atoms with Crippen molar-refractivity contribution in [3.63, 3.8) is 0 Å². The van der Waals surface area contributed by atoms with Crippen LogP contribution in [0.5, 0.6) is 11.5 Å². The summed E-state index contributed by atoms with van der Waals surface area (Å²) < 4.78 is 73.4. The van der Waals surface area contributed by atoms with Crippen molar-refractivity contribution in [3.8, 4) is 11.5 Å². The first-order valence-corrected chi connectivity index (χ1v) is 22.3. The second-order valence-electron chi connectivity index (χ2n) is 15.6. The van der Waals surface area contributed by atoms with Gasteiger partial charge < -0.3 is 23.6 Å². The number of para-hydroxylation sites is 1. The molecule has 1 saturated heterocycles.